The summed E-state index contributed by atoms with van der Waals surface area (Å²) < 4.78 is 0. The summed E-state index contributed by atoms with van der Waals surface area (Å²) in [5.41, 5.74) is 0.877. The molecule has 5 nitrogen and oxygen atoms in total. The van der Waals surface area contributed by atoms with E-state index in [1.165, 1.54) is 0 Å². The van der Waals surface area contributed by atoms with Gasteiger partial charge in [0, 0.05) is 24.2 Å². The number of rotatable bonds is 5. The molecule has 1 aliphatic rings. The maximum atomic E-state index is 12.5. The van der Waals surface area contributed by atoms with Crippen LogP contribution in [0.3, 0.4) is 0 Å². The van der Waals surface area contributed by atoms with Gasteiger partial charge in [0.05, 0.1) is 6.42 Å². The Morgan fingerprint density at radius 1 is 1.38 bits per heavy atom. The van der Waals surface area contributed by atoms with E-state index in [1.54, 1.807) is 28.5 Å². The molecule has 3 heterocycles. The monoisotopic (exact) mass is 363 g/mol. The SMILES string of the molecule is O=C(NCc1ccc(Cl)nc1)C1CCCN1C(=O)Cc1cccs1. The molecule has 2 amide bonds. The fourth-order valence-electron chi connectivity index (χ4n) is 2.82. The van der Waals surface area contributed by atoms with Gasteiger partial charge >= 0.3 is 0 Å². The summed E-state index contributed by atoms with van der Waals surface area (Å²) in [5.74, 6) is -0.0924. The highest BCUT2D eigenvalue weighted by Crippen LogP contribution is 2.20. The molecule has 1 saturated heterocycles. The van der Waals surface area contributed by atoms with Crippen molar-refractivity contribution in [2.75, 3.05) is 6.54 Å². The number of likely N-dealkylation sites (tertiary alicyclic amines) is 1. The Kier molecular flexibility index (Phi) is 5.48. The highest BCUT2D eigenvalue weighted by molar-refractivity contribution is 7.10. The van der Waals surface area contributed by atoms with E-state index in [0.717, 1.165) is 16.9 Å². The highest BCUT2D eigenvalue weighted by Gasteiger charge is 2.33. The van der Waals surface area contributed by atoms with Gasteiger partial charge < -0.3 is 10.2 Å². The molecule has 2 aromatic heterocycles. The first-order valence-electron chi connectivity index (χ1n) is 7.83. The van der Waals surface area contributed by atoms with Gasteiger partial charge in [0.1, 0.15) is 11.2 Å². The first kappa shape index (κ1) is 16.9. The number of halogens is 1. The van der Waals surface area contributed by atoms with Gasteiger partial charge in [-0.05, 0) is 35.9 Å². The summed E-state index contributed by atoms with van der Waals surface area (Å²) in [6.07, 6.45) is 3.57. The largest absolute Gasteiger partial charge is 0.350 e. The first-order valence-corrected chi connectivity index (χ1v) is 9.09. The zero-order valence-corrected chi connectivity index (χ0v) is 14.6. The number of hydrogen-bond donors (Lipinski definition) is 1. The Morgan fingerprint density at radius 3 is 2.96 bits per heavy atom. The number of hydrogen-bond acceptors (Lipinski definition) is 4. The predicted molar refractivity (Wildman–Crippen MR) is 93.9 cm³/mol. The molecule has 0 aliphatic carbocycles. The maximum Gasteiger partial charge on any atom is 0.243 e. The number of thiophene rings is 1. The molecule has 1 aliphatic heterocycles. The summed E-state index contributed by atoms with van der Waals surface area (Å²) in [6, 6.07) is 7.01. The molecule has 126 valence electrons. The number of amides is 2. The Labute approximate surface area is 149 Å². The fourth-order valence-corrected chi connectivity index (χ4v) is 3.63. The smallest absolute Gasteiger partial charge is 0.243 e. The van der Waals surface area contributed by atoms with E-state index in [1.807, 2.05) is 23.6 Å². The van der Waals surface area contributed by atoms with Crippen molar-refractivity contribution < 1.29 is 9.59 Å². The molecule has 0 radical (unpaired) electrons. The minimum Gasteiger partial charge on any atom is -0.350 e. The average molecular weight is 364 g/mol. The second-order valence-electron chi connectivity index (χ2n) is 5.71. The van der Waals surface area contributed by atoms with Gasteiger partial charge in [0.15, 0.2) is 0 Å². The Hall–Kier alpha value is -1.92. The molecular weight excluding hydrogens is 346 g/mol. The molecule has 1 unspecified atom stereocenters. The lowest BCUT2D eigenvalue weighted by Gasteiger charge is -2.23. The van der Waals surface area contributed by atoms with Crippen molar-refractivity contribution >= 4 is 34.8 Å². The molecule has 0 bridgehead atoms. The van der Waals surface area contributed by atoms with E-state index in [0.29, 0.717) is 31.1 Å². The second kappa shape index (κ2) is 7.77. The molecule has 1 atom stereocenters. The third-order valence-corrected chi connectivity index (χ3v) is 5.14. The van der Waals surface area contributed by atoms with Crippen molar-refractivity contribution in [3.63, 3.8) is 0 Å². The highest BCUT2D eigenvalue weighted by atomic mass is 35.5. The molecule has 1 fully saturated rings. The van der Waals surface area contributed by atoms with Crippen molar-refractivity contribution in [3.8, 4) is 0 Å². The van der Waals surface area contributed by atoms with Crippen LogP contribution in [0.15, 0.2) is 35.8 Å². The van der Waals surface area contributed by atoms with E-state index >= 15 is 0 Å². The lowest BCUT2D eigenvalue weighted by atomic mass is 10.2. The van der Waals surface area contributed by atoms with E-state index < -0.39 is 0 Å². The fraction of sp³-hybridized carbons (Fsp3) is 0.353. The standard InChI is InChI=1S/C17H18ClN3O2S/c18-15-6-5-12(10-19-15)11-20-17(23)14-4-1-7-21(14)16(22)9-13-3-2-8-24-13/h2-3,5-6,8,10,14H,1,4,7,9,11H2,(H,20,23). The van der Waals surface area contributed by atoms with Crippen LogP contribution in [-0.2, 0) is 22.6 Å². The number of nitrogens with one attached hydrogen (secondary N) is 1. The van der Waals surface area contributed by atoms with Crippen LogP contribution < -0.4 is 5.32 Å². The third kappa shape index (κ3) is 4.13. The molecule has 0 aromatic carbocycles. The van der Waals surface area contributed by atoms with Gasteiger partial charge in [-0.25, -0.2) is 4.98 Å². The van der Waals surface area contributed by atoms with Gasteiger partial charge in [-0.15, -0.1) is 11.3 Å². The van der Waals surface area contributed by atoms with Crippen molar-refractivity contribution in [1.29, 1.82) is 0 Å². The van der Waals surface area contributed by atoms with E-state index in [9.17, 15) is 9.59 Å². The summed E-state index contributed by atoms with van der Waals surface area (Å²) >= 11 is 7.31. The Morgan fingerprint density at radius 2 is 2.25 bits per heavy atom. The van der Waals surface area contributed by atoms with E-state index in [2.05, 4.69) is 10.3 Å². The maximum absolute atomic E-state index is 12.5. The van der Waals surface area contributed by atoms with Gasteiger partial charge in [0.2, 0.25) is 11.8 Å². The van der Waals surface area contributed by atoms with E-state index in [-0.39, 0.29) is 17.9 Å². The normalized spacial score (nSPS) is 17.0. The zero-order chi connectivity index (χ0) is 16.9. The minimum absolute atomic E-state index is 0.0169. The molecule has 0 saturated carbocycles. The second-order valence-corrected chi connectivity index (χ2v) is 7.13. The molecule has 1 N–H and O–H groups in total. The quantitative estimate of drug-likeness (QED) is 0.831. The summed E-state index contributed by atoms with van der Waals surface area (Å²) in [5, 5.41) is 5.27. The van der Waals surface area contributed by atoms with Crippen molar-refractivity contribution in [2.24, 2.45) is 0 Å². The zero-order valence-electron chi connectivity index (χ0n) is 13.1. The number of carbonyl (C=O) groups excluding carboxylic acids is 2. The topological polar surface area (TPSA) is 62.3 Å². The lowest BCUT2D eigenvalue weighted by Crippen LogP contribution is -2.46. The van der Waals surface area contributed by atoms with Crippen LogP contribution in [0.1, 0.15) is 23.3 Å². The minimum atomic E-state index is -0.377. The van der Waals surface area contributed by atoms with Crippen molar-refractivity contribution in [3.05, 3.63) is 51.4 Å². The predicted octanol–water partition coefficient (Wildman–Crippen LogP) is 2.65. The van der Waals surface area contributed by atoms with Crippen LogP contribution >= 0.6 is 22.9 Å². The number of aromatic nitrogens is 1. The van der Waals surface area contributed by atoms with Gasteiger partial charge in [-0.2, -0.15) is 0 Å². The Bertz CT molecular complexity index is 703. The molecule has 7 heteroatoms. The van der Waals surface area contributed by atoms with Gasteiger partial charge in [-0.1, -0.05) is 23.7 Å². The lowest BCUT2D eigenvalue weighted by molar-refractivity contribution is -0.138. The molecule has 3 rings (SSSR count). The molecule has 2 aromatic rings. The number of nitrogens with zero attached hydrogens (tertiary/aromatic N) is 2. The van der Waals surface area contributed by atoms with Crippen LogP contribution in [0, 0.1) is 0 Å². The molecule has 0 spiro atoms. The summed E-state index contributed by atoms with van der Waals surface area (Å²) in [6.45, 7) is 1.03. The van der Waals surface area contributed by atoms with Crippen LogP contribution in [0.4, 0.5) is 0 Å². The van der Waals surface area contributed by atoms with Crippen molar-refractivity contribution in [2.45, 2.75) is 31.8 Å². The third-order valence-electron chi connectivity index (χ3n) is 4.04. The van der Waals surface area contributed by atoms with Crippen molar-refractivity contribution in [1.82, 2.24) is 15.2 Å². The summed E-state index contributed by atoms with van der Waals surface area (Å²) in [4.78, 5) is 31.6. The van der Waals surface area contributed by atoms with Gasteiger partial charge in [0.25, 0.3) is 0 Å². The van der Waals surface area contributed by atoms with Crippen LogP contribution in [-0.4, -0.2) is 34.3 Å². The van der Waals surface area contributed by atoms with E-state index in [4.69, 9.17) is 11.6 Å². The van der Waals surface area contributed by atoms with Crippen LogP contribution in [0.5, 0.6) is 0 Å². The number of carbonyl (C=O) groups is 2. The van der Waals surface area contributed by atoms with Gasteiger partial charge in [-0.3, -0.25) is 9.59 Å². The number of pyridine rings is 1. The molecule has 24 heavy (non-hydrogen) atoms. The average Bonchev–Trinajstić information content (AvgIpc) is 3.25. The van der Waals surface area contributed by atoms with Crippen LogP contribution in [0.25, 0.3) is 0 Å². The Balaban J connectivity index is 1.56. The van der Waals surface area contributed by atoms with Crippen LogP contribution in [0.2, 0.25) is 5.15 Å². The molecular formula is C17H18ClN3O2S. The first-order chi connectivity index (χ1) is 11.6. The summed E-state index contributed by atoms with van der Waals surface area (Å²) in [7, 11) is 0.